The minimum atomic E-state index is 0.00106. The number of piperidine rings is 1. The molecule has 2 saturated carbocycles. The van der Waals surface area contributed by atoms with Gasteiger partial charge in [-0.15, -0.1) is 0 Å². The zero-order chi connectivity index (χ0) is 13.0. The van der Waals surface area contributed by atoms with Crippen molar-refractivity contribution in [2.75, 3.05) is 7.05 Å². The monoisotopic (exact) mass is 263 g/mol. The van der Waals surface area contributed by atoms with Gasteiger partial charge in [-0.1, -0.05) is 6.42 Å². The number of aliphatic hydroxyl groups excluding tert-OH is 1. The highest BCUT2D eigenvalue weighted by atomic mass is 16.3. The second kappa shape index (κ2) is 4.73. The summed E-state index contributed by atoms with van der Waals surface area (Å²) in [7, 11) is 2.29. The maximum absolute atomic E-state index is 10.7. The van der Waals surface area contributed by atoms with Gasteiger partial charge in [0, 0.05) is 12.1 Å². The number of fused-ring (bicyclic) bond motifs is 4. The van der Waals surface area contributed by atoms with Gasteiger partial charge in [0.25, 0.3) is 0 Å². The average molecular weight is 263 g/mol. The molecule has 2 aliphatic carbocycles. The van der Waals surface area contributed by atoms with Crippen LogP contribution in [0.5, 0.6) is 0 Å². The highest BCUT2D eigenvalue weighted by molar-refractivity contribution is 4.97. The topological polar surface area (TPSA) is 23.5 Å². The van der Waals surface area contributed by atoms with Crippen LogP contribution in [0.1, 0.15) is 57.8 Å². The summed E-state index contributed by atoms with van der Waals surface area (Å²) in [5.41, 5.74) is 0. The Balaban J connectivity index is 1.35. The molecule has 2 aliphatic heterocycles. The normalized spacial score (nSPS) is 50.8. The molecule has 0 radical (unpaired) electrons. The van der Waals surface area contributed by atoms with Crippen LogP contribution < -0.4 is 0 Å². The van der Waals surface area contributed by atoms with Gasteiger partial charge in [-0.3, -0.25) is 0 Å². The van der Waals surface area contributed by atoms with Gasteiger partial charge in [-0.25, -0.2) is 0 Å². The second-order valence-electron chi connectivity index (χ2n) is 8.02. The molecule has 2 nitrogen and oxygen atoms in total. The lowest BCUT2D eigenvalue weighted by Gasteiger charge is -2.39. The van der Waals surface area contributed by atoms with Gasteiger partial charge in [0.2, 0.25) is 0 Å². The largest absolute Gasteiger partial charge is 0.393 e. The van der Waals surface area contributed by atoms with Crippen molar-refractivity contribution in [2.45, 2.75) is 76.0 Å². The lowest BCUT2D eigenvalue weighted by atomic mass is 9.78. The van der Waals surface area contributed by atoms with Crippen LogP contribution in [0.15, 0.2) is 0 Å². The van der Waals surface area contributed by atoms with Gasteiger partial charge < -0.3 is 10.0 Å². The summed E-state index contributed by atoms with van der Waals surface area (Å²) in [5.74, 6) is 3.47. The molecule has 108 valence electrons. The Morgan fingerprint density at radius 3 is 2.32 bits per heavy atom. The highest BCUT2D eigenvalue weighted by Gasteiger charge is 2.44. The molecule has 0 aromatic carbocycles. The second-order valence-corrected chi connectivity index (χ2v) is 8.02. The zero-order valence-electron chi connectivity index (χ0n) is 12.3. The van der Waals surface area contributed by atoms with Gasteiger partial charge in [-0.2, -0.15) is 0 Å². The quantitative estimate of drug-likeness (QED) is 0.846. The molecule has 0 aromatic heterocycles. The molecule has 4 fully saturated rings. The van der Waals surface area contributed by atoms with Crippen molar-refractivity contribution in [3.63, 3.8) is 0 Å². The number of aliphatic hydroxyl groups is 1. The van der Waals surface area contributed by atoms with E-state index in [9.17, 15) is 5.11 Å². The smallest absolute Gasteiger partial charge is 0.0572 e. The van der Waals surface area contributed by atoms with E-state index in [0.717, 1.165) is 36.3 Å². The first-order valence-electron chi connectivity index (χ1n) is 8.60. The third-order valence-electron chi connectivity index (χ3n) is 7.11. The molecular formula is C17H29NO. The van der Waals surface area contributed by atoms with E-state index in [2.05, 4.69) is 11.9 Å². The van der Waals surface area contributed by atoms with E-state index in [-0.39, 0.29) is 6.10 Å². The van der Waals surface area contributed by atoms with Crippen LogP contribution in [0.3, 0.4) is 0 Å². The molecule has 6 atom stereocenters. The summed E-state index contributed by atoms with van der Waals surface area (Å²) in [6.07, 6.45) is 12.2. The maximum atomic E-state index is 10.7. The van der Waals surface area contributed by atoms with Crippen molar-refractivity contribution in [2.24, 2.45) is 23.7 Å². The van der Waals surface area contributed by atoms with Crippen LogP contribution in [-0.4, -0.2) is 35.2 Å². The number of rotatable bonds is 3. The molecule has 0 aromatic rings. The highest BCUT2D eigenvalue weighted by Crippen LogP contribution is 2.51. The molecule has 6 unspecified atom stereocenters. The molecule has 0 spiro atoms. The fourth-order valence-corrected chi connectivity index (χ4v) is 5.94. The van der Waals surface area contributed by atoms with Crippen molar-refractivity contribution < 1.29 is 5.11 Å². The van der Waals surface area contributed by atoms with Crippen LogP contribution >= 0.6 is 0 Å². The van der Waals surface area contributed by atoms with Crippen molar-refractivity contribution >= 4 is 0 Å². The molecule has 19 heavy (non-hydrogen) atoms. The molecule has 4 rings (SSSR count). The lowest BCUT2D eigenvalue weighted by Crippen LogP contribution is -2.43. The number of hydrogen-bond donors (Lipinski definition) is 1. The van der Waals surface area contributed by atoms with Gasteiger partial charge in [-0.05, 0) is 82.1 Å². The van der Waals surface area contributed by atoms with Crippen molar-refractivity contribution in [1.29, 1.82) is 0 Å². The van der Waals surface area contributed by atoms with Crippen LogP contribution in [0.4, 0.5) is 0 Å². The standard InChI is InChI=1S/C17H29NO/c1-18-15-4-5-16(18)9-14(8-15)17(19)10-13-7-11-2-3-12(13)6-11/h11-17,19H,2-10H2,1H3. The molecular weight excluding hydrogens is 234 g/mol. The van der Waals surface area contributed by atoms with E-state index in [1.807, 2.05) is 0 Å². The molecule has 2 heteroatoms. The Hall–Kier alpha value is -0.0800. The zero-order valence-corrected chi connectivity index (χ0v) is 12.3. The number of nitrogens with zero attached hydrogens (tertiary/aromatic N) is 1. The van der Waals surface area contributed by atoms with Gasteiger partial charge >= 0.3 is 0 Å². The summed E-state index contributed by atoms with van der Waals surface area (Å²) < 4.78 is 0. The minimum Gasteiger partial charge on any atom is -0.393 e. The maximum Gasteiger partial charge on any atom is 0.0572 e. The Kier molecular flexibility index (Phi) is 3.15. The summed E-state index contributed by atoms with van der Waals surface area (Å²) in [5, 5.41) is 10.7. The Morgan fingerprint density at radius 1 is 1.00 bits per heavy atom. The summed E-state index contributed by atoms with van der Waals surface area (Å²) >= 11 is 0. The first-order valence-corrected chi connectivity index (χ1v) is 8.60. The van der Waals surface area contributed by atoms with E-state index in [1.54, 1.807) is 0 Å². The molecule has 2 heterocycles. The van der Waals surface area contributed by atoms with E-state index < -0.39 is 0 Å². The SMILES string of the molecule is CN1C2CCC1CC(C(O)CC1CC3CCC1C3)C2. The fourth-order valence-electron chi connectivity index (χ4n) is 5.94. The summed E-state index contributed by atoms with van der Waals surface area (Å²) in [6, 6.07) is 1.55. The van der Waals surface area contributed by atoms with E-state index in [0.29, 0.717) is 5.92 Å². The molecule has 0 amide bonds. The minimum absolute atomic E-state index is 0.00106. The molecule has 4 aliphatic rings. The summed E-state index contributed by atoms with van der Waals surface area (Å²) in [4.78, 5) is 2.58. The molecule has 4 bridgehead atoms. The van der Waals surface area contributed by atoms with Crippen molar-refractivity contribution in [3.05, 3.63) is 0 Å². The van der Waals surface area contributed by atoms with E-state index in [4.69, 9.17) is 0 Å². The Bertz CT molecular complexity index is 330. The fraction of sp³-hybridized carbons (Fsp3) is 1.00. The third-order valence-corrected chi connectivity index (χ3v) is 7.11. The van der Waals surface area contributed by atoms with Crippen LogP contribution in [-0.2, 0) is 0 Å². The summed E-state index contributed by atoms with van der Waals surface area (Å²) in [6.45, 7) is 0. The average Bonchev–Trinajstić information content (AvgIpc) is 3.03. The first kappa shape index (κ1) is 12.6. The lowest BCUT2D eigenvalue weighted by molar-refractivity contribution is 0.0172. The molecule has 2 saturated heterocycles. The van der Waals surface area contributed by atoms with Gasteiger partial charge in [0.1, 0.15) is 0 Å². The first-order chi connectivity index (χ1) is 9.20. The Morgan fingerprint density at radius 2 is 1.74 bits per heavy atom. The predicted octanol–water partition coefficient (Wildman–Crippen LogP) is 3.05. The number of hydrogen-bond acceptors (Lipinski definition) is 2. The van der Waals surface area contributed by atoms with E-state index in [1.165, 1.54) is 51.4 Å². The van der Waals surface area contributed by atoms with Crippen LogP contribution in [0.2, 0.25) is 0 Å². The van der Waals surface area contributed by atoms with Gasteiger partial charge in [0.05, 0.1) is 6.10 Å². The predicted molar refractivity (Wildman–Crippen MR) is 76.9 cm³/mol. The van der Waals surface area contributed by atoms with Gasteiger partial charge in [0.15, 0.2) is 0 Å². The third kappa shape index (κ3) is 2.15. The van der Waals surface area contributed by atoms with E-state index >= 15 is 0 Å². The van der Waals surface area contributed by atoms with Crippen LogP contribution in [0, 0.1) is 23.7 Å². The Labute approximate surface area is 117 Å². The van der Waals surface area contributed by atoms with Crippen LogP contribution in [0.25, 0.3) is 0 Å². The molecule has 1 N–H and O–H groups in total. The van der Waals surface area contributed by atoms with Crippen molar-refractivity contribution in [1.82, 2.24) is 4.90 Å². The van der Waals surface area contributed by atoms with Crippen molar-refractivity contribution in [3.8, 4) is 0 Å².